The molecule has 0 unspecified atom stereocenters. The number of hydrogen-bond donors (Lipinski definition) is 0. The van der Waals surface area contributed by atoms with Gasteiger partial charge in [0, 0.05) is 63.1 Å². The first-order valence-electron chi connectivity index (χ1n) is 12.7. The number of carbonyl (C=O) groups is 4. The second-order valence-electron chi connectivity index (χ2n) is 9.20. The van der Waals surface area contributed by atoms with E-state index in [0.717, 1.165) is 27.7 Å². The lowest BCUT2D eigenvalue weighted by atomic mass is 10.1. The summed E-state index contributed by atoms with van der Waals surface area (Å²) in [4.78, 5) is 80.4. The molecule has 0 atom stereocenters. The molecule has 0 bridgehead atoms. The van der Waals surface area contributed by atoms with E-state index in [4.69, 9.17) is 27.8 Å². The van der Waals surface area contributed by atoms with Crippen LogP contribution in [0.4, 0.5) is 0 Å². The molecule has 2 aromatic heterocycles. The van der Waals surface area contributed by atoms with Crippen molar-refractivity contribution in [2.24, 2.45) is 0 Å². The van der Waals surface area contributed by atoms with Gasteiger partial charge in [-0.2, -0.15) is 0 Å². The fourth-order valence-corrected chi connectivity index (χ4v) is 4.10. The van der Waals surface area contributed by atoms with Crippen LogP contribution in [0.15, 0.2) is 67.0 Å². The van der Waals surface area contributed by atoms with Crippen LogP contribution in [0.3, 0.4) is 0 Å². The number of carbonyl (C=O) groups excluding carboxylic acids is 4. The van der Waals surface area contributed by atoms with Crippen LogP contribution in [0.1, 0.15) is 27.7 Å². The van der Waals surface area contributed by atoms with Crippen LogP contribution in [0.2, 0.25) is 0 Å². The standard InChI is InChI=1S/C30H20N2O12/c1-13(33)39-23-9-19-21(11-25(23)41-15(3)35)31-27(43-29(19)37)17-5-7-18(8-6-17)28-32-22-12-26(42-16(4)36)24(40-14(2)34)10-20(22)30(38)44-28/h5-12H,1-4H3. The number of hydrogen-bond acceptors (Lipinski definition) is 14. The maximum atomic E-state index is 12.8. The number of ether oxygens (including phenoxy) is 4. The zero-order valence-corrected chi connectivity index (χ0v) is 23.4. The Morgan fingerprint density at radius 3 is 1.11 bits per heavy atom. The van der Waals surface area contributed by atoms with Crippen LogP contribution in [0.25, 0.3) is 44.7 Å². The van der Waals surface area contributed by atoms with Crippen LogP contribution in [-0.2, 0) is 19.2 Å². The molecule has 2 heterocycles. The van der Waals surface area contributed by atoms with Gasteiger partial charge in [0.05, 0.1) is 21.8 Å². The third-order valence-electron chi connectivity index (χ3n) is 5.78. The number of nitrogens with zero attached hydrogens (tertiary/aromatic N) is 2. The van der Waals surface area contributed by atoms with Crippen LogP contribution in [-0.4, -0.2) is 33.8 Å². The van der Waals surface area contributed by atoms with E-state index in [-0.39, 0.29) is 56.6 Å². The Balaban J connectivity index is 1.53. The minimum absolute atomic E-state index is 0.0235. The Kier molecular flexibility index (Phi) is 7.73. The second-order valence-corrected chi connectivity index (χ2v) is 9.20. The van der Waals surface area contributed by atoms with Gasteiger partial charge in [-0.05, 0) is 24.3 Å². The number of benzene rings is 3. The zero-order valence-electron chi connectivity index (χ0n) is 23.4. The van der Waals surface area contributed by atoms with Crippen molar-refractivity contribution in [3.8, 4) is 45.9 Å². The molecular weight excluding hydrogens is 580 g/mol. The van der Waals surface area contributed by atoms with Crippen molar-refractivity contribution < 1.29 is 47.0 Å². The van der Waals surface area contributed by atoms with Gasteiger partial charge in [-0.3, -0.25) is 19.2 Å². The molecule has 0 aliphatic heterocycles. The highest BCUT2D eigenvalue weighted by atomic mass is 16.6. The first-order valence-corrected chi connectivity index (χ1v) is 12.7. The molecule has 0 aliphatic rings. The predicted molar refractivity (Wildman–Crippen MR) is 150 cm³/mol. The molecule has 0 N–H and O–H groups in total. The topological polar surface area (TPSA) is 191 Å². The summed E-state index contributed by atoms with van der Waals surface area (Å²) in [5, 5.41) is -0.0470. The lowest BCUT2D eigenvalue weighted by Gasteiger charge is -2.10. The predicted octanol–water partition coefficient (Wildman–Crippen LogP) is 3.72. The molecule has 0 fully saturated rings. The van der Waals surface area contributed by atoms with Crippen molar-refractivity contribution >= 4 is 45.7 Å². The van der Waals surface area contributed by atoms with Crippen molar-refractivity contribution in [2.45, 2.75) is 27.7 Å². The minimum Gasteiger partial charge on any atom is -0.423 e. The van der Waals surface area contributed by atoms with Crippen LogP contribution in [0.5, 0.6) is 23.0 Å². The molecule has 44 heavy (non-hydrogen) atoms. The van der Waals surface area contributed by atoms with Crippen molar-refractivity contribution in [2.75, 3.05) is 0 Å². The van der Waals surface area contributed by atoms with E-state index in [1.165, 1.54) is 48.5 Å². The quantitative estimate of drug-likeness (QED) is 0.202. The number of rotatable bonds is 6. The van der Waals surface area contributed by atoms with Gasteiger partial charge in [0.2, 0.25) is 11.8 Å². The SMILES string of the molecule is CC(=O)Oc1cc2nc(-c3ccc(-c4nc5cc(OC(C)=O)c(OC(C)=O)cc5c(=O)o4)cc3)oc(=O)c2cc1OC(C)=O. The highest BCUT2D eigenvalue weighted by Crippen LogP contribution is 2.34. The summed E-state index contributed by atoms with van der Waals surface area (Å²) < 4.78 is 31.1. The number of fused-ring (bicyclic) bond motifs is 2. The van der Waals surface area contributed by atoms with Crippen molar-refractivity contribution in [3.05, 3.63) is 69.4 Å². The Labute approximate surface area is 245 Å². The summed E-state index contributed by atoms with van der Waals surface area (Å²) in [6.45, 7) is 4.62. The van der Waals surface area contributed by atoms with E-state index in [0.29, 0.717) is 11.1 Å². The van der Waals surface area contributed by atoms with Gasteiger partial charge in [-0.1, -0.05) is 0 Å². The maximum Gasteiger partial charge on any atom is 0.347 e. The highest BCUT2D eigenvalue weighted by Gasteiger charge is 2.19. The van der Waals surface area contributed by atoms with Crippen molar-refractivity contribution in [1.82, 2.24) is 9.97 Å². The lowest BCUT2D eigenvalue weighted by molar-refractivity contribution is -0.134. The molecular formula is C30H20N2O12. The Morgan fingerprint density at radius 1 is 0.523 bits per heavy atom. The van der Waals surface area contributed by atoms with Crippen LogP contribution < -0.4 is 30.2 Å². The van der Waals surface area contributed by atoms with Gasteiger partial charge < -0.3 is 27.8 Å². The van der Waals surface area contributed by atoms with Gasteiger partial charge >= 0.3 is 35.1 Å². The Morgan fingerprint density at radius 2 is 0.818 bits per heavy atom. The van der Waals surface area contributed by atoms with E-state index in [9.17, 15) is 28.8 Å². The summed E-state index contributed by atoms with van der Waals surface area (Å²) in [5.41, 5.74) is -0.668. The fraction of sp³-hybridized carbons (Fsp3) is 0.133. The van der Waals surface area contributed by atoms with E-state index >= 15 is 0 Å². The zero-order chi connectivity index (χ0) is 31.7. The van der Waals surface area contributed by atoms with Gasteiger partial charge in [0.15, 0.2) is 23.0 Å². The average molecular weight is 600 g/mol. The van der Waals surface area contributed by atoms with Gasteiger partial charge in [-0.15, -0.1) is 0 Å². The molecule has 0 aliphatic carbocycles. The normalized spacial score (nSPS) is 10.8. The van der Waals surface area contributed by atoms with Gasteiger partial charge in [0.25, 0.3) is 0 Å². The molecule has 3 aromatic carbocycles. The van der Waals surface area contributed by atoms with Crippen molar-refractivity contribution in [3.63, 3.8) is 0 Å². The van der Waals surface area contributed by atoms with Gasteiger partial charge in [-0.25, -0.2) is 19.6 Å². The second kappa shape index (κ2) is 11.6. The molecule has 14 nitrogen and oxygen atoms in total. The monoisotopic (exact) mass is 600 g/mol. The van der Waals surface area contributed by atoms with Crippen molar-refractivity contribution in [1.29, 1.82) is 0 Å². The minimum atomic E-state index is -0.796. The van der Waals surface area contributed by atoms with E-state index in [1.54, 1.807) is 0 Å². The number of aromatic nitrogens is 2. The molecule has 222 valence electrons. The van der Waals surface area contributed by atoms with E-state index < -0.39 is 35.1 Å². The summed E-state index contributed by atoms with van der Waals surface area (Å²) in [5.74, 6) is -3.46. The molecule has 0 spiro atoms. The largest absolute Gasteiger partial charge is 0.423 e. The van der Waals surface area contributed by atoms with E-state index in [2.05, 4.69) is 9.97 Å². The number of esters is 4. The summed E-state index contributed by atoms with van der Waals surface area (Å²) in [6, 6.07) is 11.1. The Bertz CT molecular complexity index is 1980. The molecule has 0 saturated carbocycles. The fourth-order valence-electron chi connectivity index (χ4n) is 4.10. The first kappa shape index (κ1) is 29.3. The molecule has 14 heteroatoms. The summed E-state index contributed by atoms with van der Waals surface area (Å²) in [6.07, 6.45) is 0. The lowest BCUT2D eigenvalue weighted by Crippen LogP contribution is -2.09. The molecule has 5 rings (SSSR count). The first-order chi connectivity index (χ1) is 20.9. The molecule has 0 radical (unpaired) electrons. The molecule has 0 amide bonds. The molecule has 0 saturated heterocycles. The summed E-state index contributed by atoms with van der Waals surface area (Å²) >= 11 is 0. The molecule has 5 aromatic rings. The maximum absolute atomic E-state index is 12.8. The van der Waals surface area contributed by atoms with Gasteiger partial charge in [0.1, 0.15) is 0 Å². The third-order valence-corrected chi connectivity index (χ3v) is 5.78. The Hall–Kier alpha value is -6.18. The van der Waals surface area contributed by atoms with E-state index in [1.807, 2.05) is 0 Å². The smallest absolute Gasteiger partial charge is 0.347 e. The summed E-state index contributed by atoms with van der Waals surface area (Å²) in [7, 11) is 0. The third kappa shape index (κ3) is 6.18. The average Bonchev–Trinajstić information content (AvgIpc) is 2.93. The van der Waals surface area contributed by atoms with Crippen LogP contribution >= 0.6 is 0 Å². The van der Waals surface area contributed by atoms with Crippen LogP contribution in [0, 0.1) is 0 Å². The highest BCUT2D eigenvalue weighted by molar-refractivity contribution is 5.87.